The lowest BCUT2D eigenvalue weighted by Gasteiger charge is -2.08. The van der Waals surface area contributed by atoms with E-state index in [1.54, 1.807) is 6.20 Å². The molecule has 74 valence electrons. The number of nitrogens with one attached hydrogen (secondary N) is 1. The van der Waals surface area contributed by atoms with Crippen LogP contribution in [0.4, 0.5) is 0 Å². The number of hydrogen-bond acceptors (Lipinski definition) is 3. The zero-order valence-corrected chi connectivity index (χ0v) is 8.44. The van der Waals surface area contributed by atoms with Crippen LogP contribution in [0.25, 0.3) is 5.78 Å². The van der Waals surface area contributed by atoms with E-state index >= 15 is 0 Å². The van der Waals surface area contributed by atoms with Crippen LogP contribution in [0.3, 0.4) is 0 Å². The molecule has 0 bridgehead atoms. The van der Waals surface area contributed by atoms with Gasteiger partial charge in [-0.1, -0.05) is 6.92 Å². The number of aromatic nitrogens is 3. The smallest absolute Gasteiger partial charge is 0.233 e. The topological polar surface area (TPSA) is 42.2 Å². The van der Waals surface area contributed by atoms with Crippen molar-refractivity contribution < 1.29 is 0 Å². The molecular formula is C10H14N4. The van der Waals surface area contributed by atoms with Crippen LogP contribution in [-0.2, 0) is 0 Å². The fraction of sp³-hybridized carbons (Fsp3) is 0.400. The van der Waals surface area contributed by atoms with Crippen LogP contribution in [0, 0.1) is 0 Å². The predicted molar refractivity (Wildman–Crippen MR) is 55.1 cm³/mol. The van der Waals surface area contributed by atoms with Crippen LogP contribution in [-0.4, -0.2) is 21.4 Å². The Kier molecular flexibility index (Phi) is 2.45. The van der Waals surface area contributed by atoms with Gasteiger partial charge in [0.05, 0.1) is 11.7 Å². The number of hydrogen-bond donors (Lipinski definition) is 1. The van der Waals surface area contributed by atoms with Crippen LogP contribution in [0.5, 0.6) is 0 Å². The summed E-state index contributed by atoms with van der Waals surface area (Å²) in [6.07, 6.45) is 6.76. The van der Waals surface area contributed by atoms with Crippen LogP contribution < -0.4 is 5.32 Å². The van der Waals surface area contributed by atoms with Gasteiger partial charge in [-0.05, 0) is 19.5 Å². The summed E-state index contributed by atoms with van der Waals surface area (Å²) in [4.78, 5) is 8.62. The van der Waals surface area contributed by atoms with Gasteiger partial charge in [0.2, 0.25) is 5.78 Å². The molecule has 0 fully saturated rings. The Labute approximate surface area is 83.0 Å². The summed E-state index contributed by atoms with van der Waals surface area (Å²) in [7, 11) is 1.95. The first kappa shape index (κ1) is 9.15. The molecule has 0 aliphatic rings. The molecule has 1 unspecified atom stereocenters. The van der Waals surface area contributed by atoms with Crippen molar-refractivity contribution in [2.45, 2.75) is 19.4 Å². The Bertz CT molecular complexity index is 384. The third-order valence-corrected chi connectivity index (χ3v) is 2.37. The van der Waals surface area contributed by atoms with Gasteiger partial charge < -0.3 is 5.32 Å². The monoisotopic (exact) mass is 190 g/mol. The van der Waals surface area contributed by atoms with Crippen LogP contribution >= 0.6 is 0 Å². The first-order valence-electron chi connectivity index (χ1n) is 4.82. The van der Waals surface area contributed by atoms with Crippen molar-refractivity contribution >= 4 is 5.78 Å². The first-order valence-corrected chi connectivity index (χ1v) is 4.82. The number of fused-ring (bicyclic) bond motifs is 1. The van der Waals surface area contributed by atoms with Crippen LogP contribution in [0.2, 0.25) is 0 Å². The van der Waals surface area contributed by atoms with Gasteiger partial charge in [0, 0.05) is 18.6 Å². The maximum absolute atomic E-state index is 4.44. The summed E-state index contributed by atoms with van der Waals surface area (Å²) in [5.74, 6) is 0.760. The lowest BCUT2D eigenvalue weighted by Crippen LogP contribution is -2.15. The summed E-state index contributed by atoms with van der Waals surface area (Å²) >= 11 is 0. The normalized spacial score (nSPS) is 13.3. The predicted octanol–water partition coefficient (Wildman–Crippen LogP) is 1.40. The van der Waals surface area contributed by atoms with Gasteiger partial charge in [-0.3, -0.25) is 4.40 Å². The van der Waals surface area contributed by atoms with Gasteiger partial charge in [-0.15, -0.1) is 0 Å². The fourth-order valence-electron chi connectivity index (χ4n) is 1.58. The molecule has 0 aromatic carbocycles. The highest BCUT2D eigenvalue weighted by Gasteiger charge is 2.10. The summed E-state index contributed by atoms with van der Waals surface area (Å²) in [6.45, 7) is 2.14. The second kappa shape index (κ2) is 3.75. The lowest BCUT2D eigenvalue weighted by molar-refractivity contribution is 0.564. The van der Waals surface area contributed by atoms with Crippen molar-refractivity contribution in [3.05, 3.63) is 30.4 Å². The maximum atomic E-state index is 4.44. The van der Waals surface area contributed by atoms with Crippen molar-refractivity contribution in [2.75, 3.05) is 7.05 Å². The van der Waals surface area contributed by atoms with Gasteiger partial charge >= 0.3 is 0 Å². The molecule has 2 aromatic heterocycles. The third-order valence-electron chi connectivity index (χ3n) is 2.37. The zero-order valence-electron chi connectivity index (χ0n) is 8.44. The van der Waals surface area contributed by atoms with Crippen molar-refractivity contribution in [3.63, 3.8) is 0 Å². The summed E-state index contributed by atoms with van der Waals surface area (Å²) in [5, 5.41) is 3.23. The van der Waals surface area contributed by atoms with Crippen molar-refractivity contribution in [1.82, 2.24) is 19.7 Å². The Morgan fingerprint density at radius 2 is 2.43 bits per heavy atom. The molecule has 2 aromatic rings. The number of rotatable bonds is 3. The molecule has 0 saturated heterocycles. The molecule has 0 aliphatic heterocycles. The van der Waals surface area contributed by atoms with E-state index < -0.39 is 0 Å². The van der Waals surface area contributed by atoms with Gasteiger partial charge in [-0.2, -0.15) is 0 Å². The van der Waals surface area contributed by atoms with Gasteiger partial charge in [0.1, 0.15) is 0 Å². The van der Waals surface area contributed by atoms with Gasteiger partial charge in [-0.25, -0.2) is 9.97 Å². The zero-order chi connectivity index (χ0) is 9.97. The molecule has 2 heterocycles. The minimum Gasteiger partial charge on any atom is -0.312 e. The minimum absolute atomic E-state index is 0.316. The van der Waals surface area contributed by atoms with Crippen LogP contribution in [0.15, 0.2) is 24.7 Å². The number of nitrogens with zero attached hydrogens (tertiary/aromatic N) is 3. The third kappa shape index (κ3) is 1.48. The molecule has 0 aliphatic carbocycles. The SMILES string of the molecule is CCC(NC)c1cn2cccnc2n1. The molecule has 0 radical (unpaired) electrons. The average Bonchev–Trinajstić information content (AvgIpc) is 2.63. The maximum Gasteiger partial charge on any atom is 0.233 e. The lowest BCUT2D eigenvalue weighted by atomic mass is 10.2. The highest BCUT2D eigenvalue weighted by molar-refractivity contribution is 5.30. The largest absolute Gasteiger partial charge is 0.312 e. The molecule has 14 heavy (non-hydrogen) atoms. The second-order valence-corrected chi connectivity index (χ2v) is 3.24. The van der Waals surface area contributed by atoms with E-state index in [1.807, 2.05) is 29.9 Å². The van der Waals surface area contributed by atoms with E-state index in [9.17, 15) is 0 Å². The van der Waals surface area contributed by atoms with Gasteiger partial charge in [0.25, 0.3) is 0 Å². The highest BCUT2D eigenvalue weighted by Crippen LogP contribution is 2.14. The van der Waals surface area contributed by atoms with E-state index in [-0.39, 0.29) is 0 Å². The van der Waals surface area contributed by atoms with E-state index in [2.05, 4.69) is 22.2 Å². The number of imidazole rings is 1. The standard InChI is InChI=1S/C10H14N4/c1-3-8(11-2)9-7-14-6-4-5-12-10(14)13-9/h4-8,11H,3H2,1-2H3. The molecule has 0 spiro atoms. The van der Waals surface area contributed by atoms with Crippen molar-refractivity contribution in [2.24, 2.45) is 0 Å². The van der Waals surface area contributed by atoms with Gasteiger partial charge in [0.15, 0.2) is 0 Å². The second-order valence-electron chi connectivity index (χ2n) is 3.24. The Balaban J connectivity index is 2.43. The molecule has 0 amide bonds. The molecular weight excluding hydrogens is 176 g/mol. The van der Waals surface area contributed by atoms with Crippen molar-refractivity contribution in [1.29, 1.82) is 0 Å². The Morgan fingerprint density at radius 3 is 3.07 bits per heavy atom. The van der Waals surface area contributed by atoms with E-state index in [1.165, 1.54) is 0 Å². The molecule has 1 N–H and O–H groups in total. The van der Waals surface area contributed by atoms with Crippen LogP contribution in [0.1, 0.15) is 25.1 Å². The van der Waals surface area contributed by atoms with E-state index in [0.29, 0.717) is 6.04 Å². The minimum atomic E-state index is 0.316. The molecule has 4 nitrogen and oxygen atoms in total. The Morgan fingerprint density at radius 1 is 1.57 bits per heavy atom. The van der Waals surface area contributed by atoms with E-state index in [0.717, 1.165) is 17.9 Å². The molecule has 1 atom stereocenters. The van der Waals surface area contributed by atoms with E-state index in [4.69, 9.17) is 0 Å². The quantitative estimate of drug-likeness (QED) is 0.795. The summed E-state index contributed by atoms with van der Waals surface area (Å²) < 4.78 is 1.94. The summed E-state index contributed by atoms with van der Waals surface area (Å²) in [5.41, 5.74) is 1.05. The summed E-state index contributed by atoms with van der Waals surface area (Å²) in [6, 6.07) is 2.22. The average molecular weight is 190 g/mol. The Hall–Kier alpha value is -1.42. The molecule has 2 rings (SSSR count). The molecule has 0 saturated carbocycles. The molecule has 4 heteroatoms. The van der Waals surface area contributed by atoms with Crippen molar-refractivity contribution in [3.8, 4) is 0 Å². The fourth-order valence-corrected chi connectivity index (χ4v) is 1.58. The highest BCUT2D eigenvalue weighted by atomic mass is 15.1. The first-order chi connectivity index (χ1) is 6.85.